The number of nitrogens with zero attached hydrogens (tertiary/aromatic N) is 11. The summed E-state index contributed by atoms with van der Waals surface area (Å²) in [6.45, 7) is 33.1. The van der Waals surface area contributed by atoms with E-state index < -0.39 is 70.2 Å². The largest absolute Gasteiger partial charge is 0.444 e. The maximum Gasteiger partial charge on any atom is 0.410 e. The summed E-state index contributed by atoms with van der Waals surface area (Å²) in [4.78, 5) is 112. The van der Waals surface area contributed by atoms with E-state index in [1.54, 1.807) is 131 Å². The van der Waals surface area contributed by atoms with Crippen molar-refractivity contribution in [1.29, 1.82) is 0 Å². The molecule has 80 heavy (non-hydrogen) atoms. The minimum absolute atomic E-state index is 0.0492. The van der Waals surface area contributed by atoms with E-state index in [1.807, 2.05) is 46.2 Å². The molecule has 2 aliphatic heterocycles. The molecule has 0 radical (unpaired) electrons. The number of rotatable bonds is 4. The molecular formula is C57H93N11O12. The summed E-state index contributed by atoms with van der Waals surface area (Å²) in [6, 6.07) is 9.61. The van der Waals surface area contributed by atoms with E-state index in [2.05, 4.69) is 0 Å². The molecule has 3 heterocycles. The molecule has 0 atom stereocenters. The molecule has 6 amide bonds. The molecule has 0 aliphatic carbocycles. The Morgan fingerprint density at radius 1 is 0.325 bits per heavy atom. The lowest BCUT2D eigenvalue weighted by atomic mass is 10.2. The predicted molar refractivity (Wildman–Crippen MR) is 306 cm³/mol. The zero-order chi connectivity index (χ0) is 60.0. The maximum atomic E-state index is 14.1. The van der Waals surface area contributed by atoms with Gasteiger partial charge in [0.05, 0.1) is 0 Å². The third-order valence-electron chi connectivity index (χ3n) is 11.4. The first-order valence-corrected chi connectivity index (χ1v) is 27.7. The van der Waals surface area contributed by atoms with Crippen LogP contribution in [-0.4, -0.2) is 219 Å². The summed E-state index contributed by atoms with van der Waals surface area (Å²) in [5.74, 6) is 0.638. The highest BCUT2D eigenvalue weighted by Gasteiger charge is 2.33. The summed E-state index contributed by atoms with van der Waals surface area (Å²) in [7, 11) is 0. The van der Waals surface area contributed by atoms with E-state index >= 15 is 0 Å². The van der Waals surface area contributed by atoms with Crippen LogP contribution in [0.15, 0.2) is 30.3 Å². The molecule has 0 unspecified atom stereocenters. The first-order valence-electron chi connectivity index (χ1n) is 27.7. The molecule has 1 aromatic carbocycles. The first-order chi connectivity index (χ1) is 36.8. The third kappa shape index (κ3) is 24.3. The number of hydrogen-bond donors (Lipinski definition) is 0. The monoisotopic (exact) mass is 1120 g/mol. The smallest absolute Gasteiger partial charge is 0.410 e. The summed E-state index contributed by atoms with van der Waals surface area (Å²) < 4.78 is 35.2. The molecule has 0 spiro atoms. The highest BCUT2D eigenvalue weighted by molar-refractivity contribution is 5.72. The summed E-state index contributed by atoms with van der Waals surface area (Å²) in [5.41, 5.74) is -4.16. The van der Waals surface area contributed by atoms with Gasteiger partial charge in [0.25, 0.3) is 0 Å². The van der Waals surface area contributed by atoms with Crippen LogP contribution < -0.4 is 9.80 Å². The van der Waals surface area contributed by atoms with Crippen LogP contribution >= 0.6 is 0 Å². The van der Waals surface area contributed by atoms with Gasteiger partial charge in [-0.1, -0.05) is 36.4 Å². The second-order valence-corrected chi connectivity index (χ2v) is 25.8. The Bertz CT molecular complexity index is 2190. The number of ether oxygens (including phenoxy) is 6. The van der Waals surface area contributed by atoms with Gasteiger partial charge in [-0.05, 0) is 136 Å². The van der Waals surface area contributed by atoms with Gasteiger partial charge in [-0.2, -0.15) is 15.0 Å². The Kier molecular flexibility index (Phi) is 22.6. The summed E-state index contributed by atoms with van der Waals surface area (Å²) >= 11 is 0. The van der Waals surface area contributed by atoms with Crippen molar-refractivity contribution in [1.82, 2.24) is 44.4 Å². The maximum absolute atomic E-state index is 14.1. The SMILES string of the molecule is CC(C)(C)OC(=O)N1CCN(C(=O)OC(C)(C)C)CCN(c2nc(/C=C/c3ccccc3)nc(N3CCN(C(=O)OC(C)(C)C)CCN(C(=O)OC(C)(C)C)CCN(C(=O)OC(C)(C)C)CC3)n2)CCN(C(=O)OC(C)(C)C)CC1. The Morgan fingerprint density at radius 2 is 0.537 bits per heavy atom. The minimum Gasteiger partial charge on any atom is -0.444 e. The lowest BCUT2D eigenvalue weighted by molar-refractivity contribution is 0.00797. The van der Waals surface area contributed by atoms with Crippen LogP contribution in [0.5, 0.6) is 0 Å². The number of carbonyl (C=O) groups excluding carboxylic acids is 6. The highest BCUT2D eigenvalue weighted by atomic mass is 16.6. The lowest BCUT2D eigenvalue weighted by Crippen LogP contribution is -2.52. The average Bonchev–Trinajstić information content (AvgIpc) is 3.28. The normalized spacial score (nSPS) is 16.9. The number of carbonyl (C=O) groups is 6. The lowest BCUT2D eigenvalue weighted by Gasteiger charge is -2.36. The van der Waals surface area contributed by atoms with E-state index in [1.165, 1.54) is 29.4 Å². The highest BCUT2D eigenvalue weighted by Crippen LogP contribution is 2.22. The van der Waals surface area contributed by atoms with Gasteiger partial charge in [0.15, 0.2) is 5.82 Å². The third-order valence-corrected chi connectivity index (χ3v) is 11.4. The van der Waals surface area contributed by atoms with Gasteiger partial charge in [0, 0.05) is 105 Å². The second kappa shape index (κ2) is 27.6. The van der Waals surface area contributed by atoms with Crippen molar-refractivity contribution in [3.8, 4) is 0 Å². The van der Waals surface area contributed by atoms with Crippen LogP contribution in [0.4, 0.5) is 40.7 Å². The van der Waals surface area contributed by atoms with E-state index in [4.69, 9.17) is 43.4 Å². The fourth-order valence-electron chi connectivity index (χ4n) is 7.74. The summed E-state index contributed by atoms with van der Waals surface area (Å²) in [6.07, 6.45) is 0.00383. The van der Waals surface area contributed by atoms with Crippen molar-refractivity contribution in [2.24, 2.45) is 0 Å². The van der Waals surface area contributed by atoms with Crippen LogP contribution in [0, 0.1) is 0 Å². The fourth-order valence-corrected chi connectivity index (χ4v) is 7.74. The molecule has 23 heteroatoms. The van der Waals surface area contributed by atoms with Crippen LogP contribution in [0.25, 0.3) is 12.2 Å². The predicted octanol–water partition coefficient (Wildman–Crippen LogP) is 9.10. The minimum atomic E-state index is -0.847. The van der Waals surface area contributed by atoms with Gasteiger partial charge in [-0.15, -0.1) is 0 Å². The fraction of sp³-hybridized carbons (Fsp3) is 0.702. The molecule has 2 aliphatic rings. The molecule has 1 aromatic heterocycles. The van der Waals surface area contributed by atoms with Crippen molar-refractivity contribution in [2.45, 2.75) is 158 Å². The Morgan fingerprint density at radius 3 is 0.750 bits per heavy atom. The molecule has 23 nitrogen and oxygen atoms in total. The van der Waals surface area contributed by atoms with E-state index in [9.17, 15) is 28.8 Å². The van der Waals surface area contributed by atoms with E-state index in [0.717, 1.165) is 5.56 Å². The molecule has 4 rings (SSSR count). The molecule has 0 bridgehead atoms. The van der Waals surface area contributed by atoms with Crippen molar-refractivity contribution in [3.05, 3.63) is 41.7 Å². The number of aromatic nitrogens is 3. The van der Waals surface area contributed by atoms with Crippen LogP contribution in [0.2, 0.25) is 0 Å². The topological polar surface area (TPSA) is 222 Å². The van der Waals surface area contributed by atoms with Crippen LogP contribution in [0.3, 0.4) is 0 Å². The van der Waals surface area contributed by atoms with Gasteiger partial charge in [0.1, 0.15) is 33.6 Å². The number of amides is 6. The van der Waals surface area contributed by atoms with Gasteiger partial charge >= 0.3 is 36.6 Å². The van der Waals surface area contributed by atoms with E-state index in [0.29, 0.717) is 0 Å². The van der Waals surface area contributed by atoms with Crippen LogP contribution in [-0.2, 0) is 28.4 Å². The van der Waals surface area contributed by atoms with E-state index in [-0.39, 0.29) is 122 Å². The van der Waals surface area contributed by atoms with Crippen molar-refractivity contribution >= 4 is 60.6 Å². The Hall–Kier alpha value is -6.81. The van der Waals surface area contributed by atoms with Crippen LogP contribution in [0.1, 0.15) is 136 Å². The molecule has 0 saturated carbocycles. The number of hydrogen-bond acceptors (Lipinski definition) is 17. The molecule has 2 aromatic rings. The molecular weight excluding hydrogens is 1030 g/mol. The quantitative estimate of drug-likeness (QED) is 0.260. The average molecular weight is 1120 g/mol. The number of anilines is 2. The summed E-state index contributed by atoms with van der Waals surface area (Å²) in [5, 5.41) is 0. The Balaban J connectivity index is 1.93. The zero-order valence-corrected chi connectivity index (χ0v) is 51.2. The molecule has 2 saturated heterocycles. The van der Waals surface area contributed by atoms with Crippen molar-refractivity contribution < 1.29 is 57.2 Å². The van der Waals surface area contributed by atoms with Gasteiger partial charge in [-0.3, -0.25) is 0 Å². The molecule has 2 fully saturated rings. The second-order valence-electron chi connectivity index (χ2n) is 25.8. The first kappa shape index (κ1) is 65.7. The number of benzene rings is 1. The van der Waals surface area contributed by atoms with Gasteiger partial charge < -0.3 is 67.6 Å². The zero-order valence-electron chi connectivity index (χ0n) is 51.2. The molecule has 448 valence electrons. The van der Waals surface area contributed by atoms with Gasteiger partial charge in [0.2, 0.25) is 11.9 Å². The Labute approximate surface area is 475 Å². The van der Waals surface area contributed by atoms with Gasteiger partial charge in [-0.25, -0.2) is 28.8 Å². The molecule has 0 N–H and O–H groups in total. The van der Waals surface area contributed by atoms with Crippen molar-refractivity contribution in [3.63, 3.8) is 0 Å². The standard InChI is InChI=1S/C57H93N11O12/c1-52(2,3)75-46(69)63-30-26-61(27-31-64(47(70)76-53(4,5)6)35-39-67(38-34-63)50(73)79-56(13,14)15)44-58-43(25-24-42-22-20-19-21-23-42)59-45(60-44)62-28-32-65(48(71)77-54(7,8)9)36-40-68(51(74)80-57(16,17)18)41-37-66(33-29-62)49(72)78-55(10,11)12/h19-25H,26-41H2,1-18H3/b25-24+. The van der Waals surface area contributed by atoms with Crippen molar-refractivity contribution in [2.75, 3.05) is 115 Å².